The monoisotopic (exact) mass is 421 g/mol. The summed E-state index contributed by atoms with van der Waals surface area (Å²) in [6.07, 6.45) is 1.37. The van der Waals surface area contributed by atoms with Crippen LogP contribution in [0.3, 0.4) is 0 Å². The fourth-order valence-electron chi connectivity index (χ4n) is 5.98. The molecule has 8 nitrogen and oxygen atoms in total. The van der Waals surface area contributed by atoms with Crippen LogP contribution in [0.2, 0.25) is 0 Å². The highest BCUT2D eigenvalue weighted by atomic mass is 16.6. The van der Waals surface area contributed by atoms with Gasteiger partial charge in [-0.05, 0) is 19.3 Å². The third kappa shape index (κ3) is 3.14. The first-order valence-electron chi connectivity index (χ1n) is 11.1. The molecule has 0 aromatic heterocycles. The molecule has 0 amide bonds. The van der Waals surface area contributed by atoms with Crippen LogP contribution in [-0.4, -0.2) is 73.5 Å². The number of fused-ring (bicyclic) bond motifs is 1. The molecule has 5 rings (SSSR count). The van der Waals surface area contributed by atoms with Crippen LogP contribution in [0, 0.1) is 29.1 Å². The predicted octanol–water partition coefficient (Wildman–Crippen LogP) is 1.16. The summed E-state index contributed by atoms with van der Waals surface area (Å²) in [6, 6.07) is 0. The maximum atomic E-state index is 13.2. The van der Waals surface area contributed by atoms with Crippen molar-refractivity contribution >= 4 is 17.9 Å². The van der Waals surface area contributed by atoms with Crippen LogP contribution in [0.15, 0.2) is 0 Å². The molecule has 6 unspecified atom stereocenters. The molecule has 5 fully saturated rings. The molecular formula is C22H31NO7. The van der Waals surface area contributed by atoms with Gasteiger partial charge in [-0.15, -0.1) is 0 Å². The highest BCUT2D eigenvalue weighted by Crippen LogP contribution is 2.60. The highest BCUT2D eigenvalue weighted by Gasteiger charge is 2.71. The van der Waals surface area contributed by atoms with Crippen LogP contribution in [0.4, 0.5) is 0 Å². The number of morpholine rings is 1. The van der Waals surface area contributed by atoms with Gasteiger partial charge in [-0.1, -0.05) is 20.8 Å². The van der Waals surface area contributed by atoms with Gasteiger partial charge in [0.25, 0.3) is 0 Å². The van der Waals surface area contributed by atoms with Gasteiger partial charge < -0.3 is 18.9 Å². The van der Waals surface area contributed by atoms with E-state index in [-0.39, 0.29) is 41.7 Å². The van der Waals surface area contributed by atoms with Crippen LogP contribution in [-0.2, 0) is 33.3 Å². The molecule has 166 valence electrons. The zero-order valence-corrected chi connectivity index (χ0v) is 17.9. The second-order valence-electron chi connectivity index (χ2n) is 10.5. The minimum atomic E-state index is -0.581. The van der Waals surface area contributed by atoms with E-state index >= 15 is 0 Å². The summed E-state index contributed by atoms with van der Waals surface area (Å²) in [5.74, 6) is -2.33. The molecule has 0 aromatic rings. The fourth-order valence-corrected chi connectivity index (χ4v) is 5.98. The van der Waals surface area contributed by atoms with Crippen molar-refractivity contribution in [1.29, 1.82) is 0 Å². The Hall–Kier alpha value is -1.67. The molecule has 3 saturated carbocycles. The van der Waals surface area contributed by atoms with Gasteiger partial charge in [-0.3, -0.25) is 19.3 Å². The van der Waals surface area contributed by atoms with E-state index in [1.807, 2.05) is 4.90 Å². The zero-order valence-electron chi connectivity index (χ0n) is 17.9. The number of esters is 3. The summed E-state index contributed by atoms with van der Waals surface area (Å²) >= 11 is 0. The SMILES string of the molecule is CC(C)(C)C1(OC(=O)C2C3CC4C(OC(=O)C42)C3OC(=O)CN2CCOCC2)CC1. The normalized spacial score (nSPS) is 39.0. The fraction of sp³-hybridized carbons (Fsp3) is 0.864. The number of hydrogen-bond acceptors (Lipinski definition) is 8. The van der Waals surface area contributed by atoms with Gasteiger partial charge >= 0.3 is 17.9 Å². The van der Waals surface area contributed by atoms with Gasteiger partial charge in [0, 0.05) is 30.3 Å². The van der Waals surface area contributed by atoms with Crippen molar-refractivity contribution in [3.8, 4) is 0 Å². The highest BCUT2D eigenvalue weighted by molar-refractivity contribution is 5.86. The van der Waals surface area contributed by atoms with Crippen LogP contribution >= 0.6 is 0 Å². The molecule has 2 saturated heterocycles. The van der Waals surface area contributed by atoms with E-state index in [1.54, 1.807) is 0 Å². The van der Waals surface area contributed by atoms with Crippen molar-refractivity contribution in [2.24, 2.45) is 29.1 Å². The third-order valence-electron chi connectivity index (χ3n) is 7.91. The lowest BCUT2D eigenvalue weighted by atomic mass is 9.78. The van der Waals surface area contributed by atoms with Crippen molar-refractivity contribution in [1.82, 2.24) is 4.90 Å². The third-order valence-corrected chi connectivity index (χ3v) is 7.91. The molecule has 3 aliphatic carbocycles. The summed E-state index contributed by atoms with van der Waals surface area (Å²) in [7, 11) is 0. The Balaban J connectivity index is 1.29. The van der Waals surface area contributed by atoms with E-state index in [0.29, 0.717) is 32.7 Å². The van der Waals surface area contributed by atoms with Gasteiger partial charge in [0.15, 0.2) is 0 Å². The first-order chi connectivity index (χ1) is 14.2. The lowest BCUT2D eigenvalue weighted by Gasteiger charge is -2.35. The van der Waals surface area contributed by atoms with Crippen LogP contribution in [0.25, 0.3) is 0 Å². The van der Waals surface area contributed by atoms with Crippen molar-refractivity contribution in [3.63, 3.8) is 0 Å². The van der Waals surface area contributed by atoms with E-state index in [9.17, 15) is 14.4 Å². The molecule has 0 aromatic carbocycles. The molecule has 2 heterocycles. The van der Waals surface area contributed by atoms with Crippen LogP contribution in [0.5, 0.6) is 0 Å². The standard InChI is InChI=1S/C22H31NO7/c1-21(2,3)22(4-5-22)30-20(26)16-13-10-12-15(16)19(25)29-18(12)17(13)28-14(24)11-23-6-8-27-9-7-23/h12-13,15-18H,4-11H2,1-3H3. The maximum absolute atomic E-state index is 13.2. The summed E-state index contributed by atoms with van der Waals surface area (Å²) < 4.78 is 22.7. The Morgan fingerprint density at radius 1 is 1.17 bits per heavy atom. The van der Waals surface area contributed by atoms with Crippen LogP contribution in [0.1, 0.15) is 40.0 Å². The van der Waals surface area contributed by atoms with Gasteiger partial charge in [0.2, 0.25) is 0 Å². The molecule has 8 heteroatoms. The molecule has 0 N–H and O–H groups in total. The Labute approximate surface area is 176 Å². The lowest BCUT2D eigenvalue weighted by molar-refractivity contribution is -0.174. The van der Waals surface area contributed by atoms with Crippen LogP contribution < -0.4 is 0 Å². The molecule has 2 aliphatic heterocycles. The predicted molar refractivity (Wildman–Crippen MR) is 103 cm³/mol. The quantitative estimate of drug-likeness (QED) is 0.482. The van der Waals surface area contributed by atoms with E-state index < -0.39 is 29.6 Å². The number of rotatable bonds is 5. The van der Waals surface area contributed by atoms with Crippen molar-refractivity contribution in [2.75, 3.05) is 32.8 Å². The molecule has 0 spiro atoms. The van der Waals surface area contributed by atoms with Gasteiger partial charge in [0.1, 0.15) is 17.8 Å². The second-order valence-corrected chi connectivity index (χ2v) is 10.5. The van der Waals surface area contributed by atoms with Gasteiger partial charge in [-0.2, -0.15) is 0 Å². The van der Waals surface area contributed by atoms with E-state index in [0.717, 1.165) is 12.8 Å². The zero-order chi connectivity index (χ0) is 21.3. The average molecular weight is 421 g/mol. The molecule has 30 heavy (non-hydrogen) atoms. The van der Waals surface area contributed by atoms with E-state index in [1.165, 1.54) is 0 Å². The Morgan fingerprint density at radius 2 is 1.87 bits per heavy atom. The average Bonchev–Trinajstić information content (AvgIpc) is 3.16. The van der Waals surface area contributed by atoms with Gasteiger partial charge in [0.05, 0.1) is 31.6 Å². The molecule has 5 aliphatic rings. The maximum Gasteiger partial charge on any atom is 0.320 e. The molecule has 2 bridgehead atoms. The number of ether oxygens (including phenoxy) is 4. The van der Waals surface area contributed by atoms with Crippen molar-refractivity contribution < 1.29 is 33.3 Å². The summed E-state index contributed by atoms with van der Waals surface area (Å²) in [5.41, 5.74) is -0.598. The van der Waals surface area contributed by atoms with E-state index in [2.05, 4.69) is 20.8 Å². The number of hydrogen-bond donors (Lipinski definition) is 0. The lowest BCUT2D eigenvalue weighted by Crippen LogP contribution is -2.47. The number of nitrogens with zero attached hydrogens (tertiary/aromatic N) is 1. The van der Waals surface area contributed by atoms with Crippen molar-refractivity contribution in [2.45, 2.75) is 57.8 Å². The van der Waals surface area contributed by atoms with Crippen molar-refractivity contribution in [3.05, 3.63) is 0 Å². The molecule has 6 atom stereocenters. The van der Waals surface area contributed by atoms with Gasteiger partial charge in [-0.25, -0.2) is 0 Å². The first kappa shape index (κ1) is 20.2. The first-order valence-corrected chi connectivity index (χ1v) is 11.1. The number of carbonyl (C=O) groups is 3. The topological polar surface area (TPSA) is 91.4 Å². The molecular weight excluding hydrogens is 390 g/mol. The largest absolute Gasteiger partial charge is 0.458 e. The number of carbonyl (C=O) groups excluding carboxylic acids is 3. The van der Waals surface area contributed by atoms with E-state index in [4.69, 9.17) is 18.9 Å². The Morgan fingerprint density at radius 3 is 2.50 bits per heavy atom. The second kappa shape index (κ2) is 6.92. The molecule has 0 radical (unpaired) electrons. The summed E-state index contributed by atoms with van der Waals surface area (Å²) in [5, 5.41) is 0. The minimum Gasteiger partial charge on any atom is -0.458 e. The Kier molecular flexibility index (Phi) is 4.67. The smallest absolute Gasteiger partial charge is 0.320 e. The summed E-state index contributed by atoms with van der Waals surface area (Å²) in [6.45, 7) is 8.99. The Bertz CT molecular complexity index is 749. The summed E-state index contributed by atoms with van der Waals surface area (Å²) in [4.78, 5) is 40.3. The minimum absolute atomic E-state index is 0.0639.